The van der Waals surface area contributed by atoms with Gasteiger partial charge < -0.3 is 4.57 Å². The molecule has 12 heteroatoms. The smallest absolute Gasteiger partial charge is 0.293 e. The fraction of sp³-hybridized carbons (Fsp3) is 0.250. The Morgan fingerprint density at radius 1 is 1.14 bits per heavy atom. The second-order valence-electron chi connectivity index (χ2n) is 8.93. The number of nitrogens with one attached hydrogen (secondary N) is 1. The van der Waals surface area contributed by atoms with Crippen molar-refractivity contribution in [2.24, 2.45) is 13.0 Å². The molecule has 9 nitrogen and oxygen atoms in total. The van der Waals surface area contributed by atoms with Crippen molar-refractivity contribution in [1.29, 1.82) is 0 Å². The van der Waals surface area contributed by atoms with Crippen LogP contribution in [0.5, 0.6) is 0 Å². The number of aryl methyl sites for hydroxylation is 1. The van der Waals surface area contributed by atoms with E-state index < -0.39 is 5.82 Å². The highest BCUT2D eigenvalue weighted by Gasteiger charge is 2.29. The quantitative estimate of drug-likeness (QED) is 0.314. The number of rotatable bonds is 7. The minimum absolute atomic E-state index is 0.0235. The number of hydrogen-bond acceptors (Lipinski definition) is 5. The molecule has 0 unspecified atom stereocenters. The van der Waals surface area contributed by atoms with Gasteiger partial charge in [0.1, 0.15) is 10.8 Å². The van der Waals surface area contributed by atoms with Gasteiger partial charge in [0.15, 0.2) is 16.2 Å². The first-order chi connectivity index (χ1) is 17.5. The van der Waals surface area contributed by atoms with Crippen molar-refractivity contribution >= 4 is 23.2 Å². The zero-order valence-corrected chi connectivity index (χ0v) is 20.7. The highest BCUT2D eigenvalue weighted by molar-refractivity contribution is 6.32. The second-order valence-corrected chi connectivity index (χ2v) is 9.69. The Hall–Kier alpha value is -3.63. The fourth-order valence-electron chi connectivity index (χ4n) is 4.45. The van der Waals surface area contributed by atoms with Gasteiger partial charge in [-0.2, -0.15) is 5.10 Å². The molecule has 4 heterocycles. The van der Waals surface area contributed by atoms with Crippen LogP contribution in [0.25, 0.3) is 28.1 Å². The van der Waals surface area contributed by atoms with E-state index in [-0.39, 0.29) is 11.1 Å². The molecule has 1 aromatic carbocycles. The molecule has 36 heavy (non-hydrogen) atoms. The summed E-state index contributed by atoms with van der Waals surface area (Å²) < 4.78 is 20.5. The lowest BCUT2D eigenvalue weighted by Crippen LogP contribution is -2.33. The Balaban J connectivity index is 1.37. The number of imidazole rings is 1. The molecule has 1 saturated carbocycles. The van der Waals surface area contributed by atoms with E-state index in [2.05, 4.69) is 25.6 Å². The number of aromatic nitrogens is 9. The molecule has 1 aliphatic carbocycles. The minimum Gasteiger partial charge on any atom is -0.332 e. The number of benzene rings is 1. The zero-order valence-electron chi connectivity index (χ0n) is 19.2. The van der Waals surface area contributed by atoms with Crippen LogP contribution in [0.4, 0.5) is 4.39 Å². The van der Waals surface area contributed by atoms with E-state index >= 15 is 4.39 Å². The molecule has 0 bridgehead atoms. The monoisotopic (exact) mass is 524 g/mol. The molecule has 0 spiro atoms. The summed E-state index contributed by atoms with van der Waals surface area (Å²) in [5, 5.41) is 15.3. The topological polar surface area (TPSA) is 94.0 Å². The molecule has 4 aromatic heterocycles. The van der Waals surface area contributed by atoms with Crippen LogP contribution in [0.15, 0.2) is 55.5 Å². The standard InChI is InChI=1S/C24H20Cl2FN9/c1-34-12-29-24(26)23(34)16-10-31-35(11-16)20(8-14-2-3-14)18-6-4-15(9-28-18)21-19(36-13-30-32-33-36)7-5-17(25)22(21)27/h4-7,9-14,20H,2-3,8H2,1H3/p+1/t20-/m0/s1. The zero-order chi connectivity index (χ0) is 24.8. The summed E-state index contributed by atoms with van der Waals surface area (Å²) in [6, 6.07) is 6.91. The van der Waals surface area contributed by atoms with Gasteiger partial charge in [-0.25, -0.2) is 9.37 Å². The van der Waals surface area contributed by atoms with E-state index in [1.165, 1.54) is 29.9 Å². The van der Waals surface area contributed by atoms with Crippen molar-refractivity contribution in [3.63, 3.8) is 0 Å². The molecule has 0 aliphatic heterocycles. The molecule has 1 N–H and O–H groups in total. The van der Waals surface area contributed by atoms with E-state index in [0.29, 0.717) is 27.9 Å². The van der Waals surface area contributed by atoms with E-state index in [0.717, 1.165) is 23.4 Å². The van der Waals surface area contributed by atoms with Crippen LogP contribution >= 0.6 is 23.2 Å². The molecular weight excluding hydrogens is 504 g/mol. The summed E-state index contributed by atoms with van der Waals surface area (Å²) in [6.45, 7) is 0. The van der Waals surface area contributed by atoms with E-state index in [1.807, 2.05) is 34.6 Å². The van der Waals surface area contributed by atoms with Gasteiger partial charge in [0.25, 0.3) is 6.33 Å². The third-order valence-electron chi connectivity index (χ3n) is 6.47. The summed E-state index contributed by atoms with van der Waals surface area (Å²) in [5.74, 6) is 0.0933. The third kappa shape index (κ3) is 4.16. The number of nitrogens with zero attached hydrogens (tertiary/aromatic N) is 8. The molecule has 1 atom stereocenters. The van der Waals surface area contributed by atoms with Crippen LogP contribution in [-0.4, -0.2) is 39.8 Å². The van der Waals surface area contributed by atoms with E-state index in [9.17, 15) is 0 Å². The lowest BCUT2D eigenvalue weighted by molar-refractivity contribution is -0.659. The van der Waals surface area contributed by atoms with Gasteiger partial charge in [0, 0.05) is 30.6 Å². The van der Waals surface area contributed by atoms with E-state index in [1.54, 1.807) is 24.8 Å². The molecule has 182 valence electrons. The maximum absolute atomic E-state index is 15.2. The number of aromatic amines is 1. The van der Waals surface area contributed by atoms with Crippen LogP contribution < -0.4 is 4.68 Å². The SMILES string of the molecule is Cn1cnc(Cl)c1-c1cnn([C@@H](CC2CC2)c2ccc(-c3c(-[n+]4cnn[nH]4)ccc(Cl)c3F)cn2)c1. The van der Waals surface area contributed by atoms with Crippen molar-refractivity contribution in [2.45, 2.75) is 25.3 Å². The molecule has 6 rings (SSSR count). The molecule has 1 aliphatic rings. The number of halogens is 3. The molecule has 5 aromatic rings. The normalized spacial score (nSPS) is 14.3. The number of hydrogen-bond donors (Lipinski definition) is 1. The highest BCUT2D eigenvalue weighted by Crippen LogP contribution is 2.40. The first-order valence-corrected chi connectivity index (χ1v) is 12.2. The highest BCUT2D eigenvalue weighted by atomic mass is 35.5. The molecule has 0 amide bonds. The Bertz CT molecular complexity index is 1500. The maximum atomic E-state index is 15.2. The average molecular weight is 525 g/mol. The first kappa shape index (κ1) is 22.8. The maximum Gasteiger partial charge on any atom is 0.293 e. The fourth-order valence-corrected chi connectivity index (χ4v) is 4.89. The molecule has 0 radical (unpaired) electrons. The van der Waals surface area contributed by atoms with Gasteiger partial charge in [-0.15, -0.1) is 4.68 Å². The van der Waals surface area contributed by atoms with Gasteiger partial charge in [0.05, 0.1) is 40.5 Å². The van der Waals surface area contributed by atoms with Crippen molar-refractivity contribution in [2.75, 3.05) is 0 Å². The van der Waals surface area contributed by atoms with Gasteiger partial charge in [-0.05, 0) is 30.5 Å². The Morgan fingerprint density at radius 2 is 2.00 bits per heavy atom. The third-order valence-corrected chi connectivity index (χ3v) is 7.03. The summed E-state index contributed by atoms with van der Waals surface area (Å²) in [4.78, 5) is 8.92. The number of pyridine rings is 1. The molecule has 1 fully saturated rings. The number of H-pyrrole nitrogens is 1. The Labute approximate surface area is 215 Å². The second kappa shape index (κ2) is 9.11. The lowest BCUT2D eigenvalue weighted by atomic mass is 10.0. The van der Waals surface area contributed by atoms with Gasteiger partial charge in [-0.3, -0.25) is 9.67 Å². The predicted molar refractivity (Wildman–Crippen MR) is 131 cm³/mol. The van der Waals surface area contributed by atoms with Crippen LogP contribution in [0, 0.1) is 11.7 Å². The predicted octanol–water partition coefficient (Wildman–Crippen LogP) is 4.58. The van der Waals surface area contributed by atoms with E-state index in [4.69, 9.17) is 28.2 Å². The van der Waals surface area contributed by atoms with Gasteiger partial charge in [0.2, 0.25) is 0 Å². The van der Waals surface area contributed by atoms with Crippen LogP contribution in [0.2, 0.25) is 10.2 Å². The summed E-state index contributed by atoms with van der Waals surface area (Å²) in [6.07, 6.45) is 11.9. The first-order valence-electron chi connectivity index (χ1n) is 11.4. The average Bonchev–Trinajstić information content (AvgIpc) is 3.23. The number of tetrazole rings is 1. The molecule has 0 saturated heterocycles. The van der Waals surface area contributed by atoms with Crippen molar-refractivity contribution in [1.82, 2.24) is 39.8 Å². The lowest BCUT2D eigenvalue weighted by Gasteiger charge is -2.18. The molecular formula is C24H21Cl2FN9+. The Kier molecular flexibility index (Phi) is 5.77. The Morgan fingerprint density at radius 3 is 2.67 bits per heavy atom. The van der Waals surface area contributed by atoms with Crippen molar-refractivity contribution in [3.05, 3.63) is 77.2 Å². The summed E-state index contributed by atoms with van der Waals surface area (Å²) in [7, 11) is 1.90. The van der Waals surface area contributed by atoms with Gasteiger partial charge in [-0.1, -0.05) is 47.3 Å². The van der Waals surface area contributed by atoms with Crippen LogP contribution in [-0.2, 0) is 7.05 Å². The van der Waals surface area contributed by atoms with Crippen LogP contribution in [0.3, 0.4) is 0 Å². The van der Waals surface area contributed by atoms with Crippen molar-refractivity contribution in [3.8, 4) is 28.1 Å². The van der Waals surface area contributed by atoms with Crippen LogP contribution in [0.1, 0.15) is 31.0 Å². The summed E-state index contributed by atoms with van der Waals surface area (Å²) >= 11 is 12.4. The van der Waals surface area contributed by atoms with Gasteiger partial charge >= 0.3 is 0 Å². The minimum atomic E-state index is -0.537. The van der Waals surface area contributed by atoms with Crippen molar-refractivity contribution < 1.29 is 9.07 Å². The largest absolute Gasteiger partial charge is 0.332 e. The summed E-state index contributed by atoms with van der Waals surface area (Å²) in [5.41, 5.74) is 3.96.